The maximum absolute atomic E-state index is 13.3. The van der Waals surface area contributed by atoms with E-state index in [9.17, 15) is 9.59 Å². The number of benzene rings is 2. The largest absolute Gasteiger partial charge is 0.466 e. The predicted octanol–water partition coefficient (Wildman–Crippen LogP) is 5.90. The molecule has 0 saturated carbocycles. The second-order valence-electron chi connectivity index (χ2n) is 9.01. The number of esters is 1. The molecule has 0 saturated heterocycles. The quantitative estimate of drug-likeness (QED) is 0.423. The minimum atomic E-state index is -0.539. The first-order valence-electron chi connectivity index (χ1n) is 11.7. The van der Waals surface area contributed by atoms with Crippen LogP contribution < -0.4 is 5.32 Å². The lowest BCUT2D eigenvalue weighted by molar-refractivity contribution is -0.136. The van der Waals surface area contributed by atoms with Crippen LogP contribution in [0.2, 0.25) is 10.0 Å². The first kappa shape index (κ1) is 24.3. The van der Waals surface area contributed by atoms with E-state index in [-0.39, 0.29) is 5.78 Å². The van der Waals surface area contributed by atoms with Crippen LogP contribution in [-0.2, 0) is 20.9 Å². The molecule has 2 unspecified atom stereocenters. The Bertz CT molecular complexity index is 1410. The number of carbonyl (C=O) groups is 2. The molecule has 0 fully saturated rings. The van der Waals surface area contributed by atoms with Crippen LogP contribution in [0.15, 0.2) is 77.8 Å². The maximum Gasteiger partial charge on any atom is 0.336 e. The van der Waals surface area contributed by atoms with Crippen molar-refractivity contribution < 1.29 is 14.3 Å². The zero-order chi connectivity index (χ0) is 25.4. The number of fused-ring (bicyclic) bond motifs is 1. The molecule has 0 amide bonds. The second-order valence-corrected chi connectivity index (χ2v) is 9.85. The third-order valence-electron chi connectivity index (χ3n) is 6.74. The highest BCUT2D eigenvalue weighted by Crippen LogP contribution is 2.46. The first-order chi connectivity index (χ1) is 17.4. The van der Waals surface area contributed by atoms with E-state index >= 15 is 0 Å². The molecular formula is C28H25Cl2N3O3. The lowest BCUT2D eigenvalue weighted by atomic mass is 9.70. The van der Waals surface area contributed by atoms with E-state index in [1.807, 2.05) is 49.5 Å². The number of Topliss-reactive ketones (excluding diaryl/α,β-unsaturated/α-hetero) is 1. The fourth-order valence-corrected chi connectivity index (χ4v) is 5.59. The van der Waals surface area contributed by atoms with Crippen molar-refractivity contribution in [2.24, 2.45) is 5.92 Å². The fourth-order valence-electron chi connectivity index (χ4n) is 5.12. The van der Waals surface area contributed by atoms with Gasteiger partial charge in [-0.3, -0.25) is 9.48 Å². The van der Waals surface area contributed by atoms with E-state index in [0.29, 0.717) is 46.4 Å². The number of nitrogens with zero attached hydrogens (tertiary/aromatic N) is 2. The average Bonchev–Trinajstić information content (AvgIpc) is 3.28. The van der Waals surface area contributed by atoms with Crippen molar-refractivity contribution in [3.63, 3.8) is 0 Å². The highest BCUT2D eigenvalue weighted by atomic mass is 35.5. The number of hydrogen-bond donors (Lipinski definition) is 1. The Hall–Kier alpha value is -3.35. The van der Waals surface area contributed by atoms with E-state index < -0.39 is 17.8 Å². The summed E-state index contributed by atoms with van der Waals surface area (Å²) in [6, 6.07) is 15.1. The Labute approximate surface area is 219 Å². The van der Waals surface area contributed by atoms with Gasteiger partial charge in [0.15, 0.2) is 0 Å². The van der Waals surface area contributed by atoms with Crippen molar-refractivity contribution in [1.82, 2.24) is 15.1 Å². The Morgan fingerprint density at radius 2 is 1.94 bits per heavy atom. The summed E-state index contributed by atoms with van der Waals surface area (Å²) in [5.41, 5.74) is 5.19. The monoisotopic (exact) mass is 521 g/mol. The highest BCUT2D eigenvalue weighted by molar-refractivity contribution is 6.35. The number of hydrogen-bond acceptors (Lipinski definition) is 5. The molecule has 6 nitrogen and oxygen atoms in total. The molecule has 0 radical (unpaired) electrons. The summed E-state index contributed by atoms with van der Waals surface area (Å²) < 4.78 is 6.98. The molecule has 1 N–H and O–H groups in total. The summed E-state index contributed by atoms with van der Waals surface area (Å²) >= 11 is 12.5. The number of ketones is 1. The summed E-state index contributed by atoms with van der Waals surface area (Å²) in [6.45, 7) is 2.24. The first-order valence-corrected chi connectivity index (χ1v) is 12.5. The number of halogens is 2. The maximum atomic E-state index is 13.3. The van der Waals surface area contributed by atoms with E-state index in [2.05, 4.69) is 11.4 Å². The topological polar surface area (TPSA) is 73.2 Å². The number of aromatic nitrogens is 2. The Morgan fingerprint density at radius 1 is 1.17 bits per heavy atom. The molecule has 5 rings (SSSR count). The molecule has 8 heteroatoms. The fraction of sp³-hybridized carbons (Fsp3) is 0.250. The van der Waals surface area contributed by atoms with E-state index in [0.717, 1.165) is 22.4 Å². The van der Waals surface area contributed by atoms with Crippen LogP contribution in [-0.4, -0.2) is 28.6 Å². The minimum absolute atomic E-state index is 0.0893. The third kappa shape index (κ3) is 4.47. The van der Waals surface area contributed by atoms with Gasteiger partial charge in [0.1, 0.15) is 5.78 Å². The zero-order valence-corrected chi connectivity index (χ0v) is 21.4. The van der Waals surface area contributed by atoms with Crippen molar-refractivity contribution in [1.29, 1.82) is 0 Å². The van der Waals surface area contributed by atoms with E-state index in [1.165, 1.54) is 7.11 Å². The summed E-state index contributed by atoms with van der Waals surface area (Å²) in [4.78, 5) is 26.3. The number of methoxy groups -OCH3 is 1. The lowest BCUT2D eigenvalue weighted by Crippen LogP contribution is -2.40. The van der Waals surface area contributed by atoms with Crippen LogP contribution in [0.25, 0.3) is 11.3 Å². The number of nitrogens with one attached hydrogen (secondary N) is 1. The SMILES string of the molecule is COC(=O)C1=C(C)NC2=CCCC(=O)C2C1c1cn(Cc2ccc(Cl)cc2Cl)nc1-c1ccccc1. The van der Waals surface area contributed by atoms with Crippen LogP contribution in [0.3, 0.4) is 0 Å². The molecule has 1 aliphatic heterocycles. The van der Waals surface area contributed by atoms with Gasteiger partial charge in [-0.2, -0.15) is 5.10 Å². The molecule has 0 bridgehead atoms. The van der Waals surface area contributed by atoms with E-state index in [4.69, 9.17) is 33.0 Å². The zero-order valence-electron chi connectivity index (χ0n) is 19.9. The molecule has 1 aliphatic carbocycles. The number of carbonyl (C=O) groups excluding carboxylic acids is 2. The molecule has 36 heavy (non-hydrogen) atoms. The molecule has 0 spiro atoms. The number of allylic oxidation sites excluding steroid dienone is 3. The van der Waals surface area contributed by atoms with Crippen molar-refractivity contribution in [3.8, 4) is 11.3 Å². The Balaban J connectivity index is 1.70. The minimum Gasteiger partial charge on any atom is -0.466 e. The smallest absolute Gasteiger partial charge is 0.336 e. The van der Waals surface area contributed by atoms with Gasteiger partial charge in [-0.05, 0) is 31.0 Å². The molecule has 2 aliphatic rings. The molecule has 2 atom stereocenters. The van der Waals surface area contributed by atoms with Gasteiger partial charge in [0.2, 0.25) is 0 Å². The van der Waals surface area contributed by atoms with Gasteiger partial charge in [0.05, 0.1) is 30.8 Å². The molecule has 3 aromatic rings. The third-order valence-corrected chi connectivity index (χ3v) is 7.33. The van der Waals surface area contributed by atoms with Crippen molar-refractivity contribution in [3.05, 3.63) is 98.9 Å². The highest BCUT2D eigenvalue weighted by Gasteiger charge is 2.44. The van der Waals surface area contributed by atoms with Gasteiger partial charge >= 0.3 is 5.97 Å². The molecule has 2 aromatic carbocycles. The van der Waals surface area contributed by atoms with Crippen molar-refractivity contribution in [2.75, 3.05) is 7.11 Å². The van der Waals surface area contributed by atoms with Crippen molar-refractivity contribution in [2.45, 2.75) is 32.2 Å². The molecule has 2 heterocycles. The van der Waals surface area contributed by atoms with Crippen LogP contribution in [0.5, 0.6) is 0 Å². The van der Waals surface area contributed by atoms with Crippen LogP contribution in [0, 0.1) is 5.92 Å². The van der Waals surface area contributed by atoms with Gasteiger partial charge in [-0.25, -0.2) is 4.79 Å². The van der Waals surface area contributed by atoms with Crippen LogP contribution in [0.4, 0.5) is 0 Å². The van der Waals surface area contributed by atoms with Gasteiger partial charge in [-0.1, -0.05) is 65.7 Å². The van der Waals surface area contributed by atoms with E-state index in [1.54, 1.807) is 16.8 Å². The Morgan fingerprint density at radius 3 is 2.67 bits per heavy atom. The summed E-state index contributed by atoms with van der Waals surface area (Å²) in [7, 11) is 1.36. The van der Waals surface area contributed by atoms with Gasteiger partial charge < -0.3 is 10.1 Å². The summed E-state index contributed by atoms with van der Waals surface area (Å²) in [5.74, 6) is -1.43. The summed E-state index contributed by atoms with van der Waals surface area (Å²) in [5, 5.41) is 9.32. The number of rotatable bonds is 5. The number of ether oxygens (including phenoxy) is 1. The van der Waals surface area contributed by atoms with Crippen LogP contribution in [0.1, 0.15) is 36.8 Å². The van der Waals surface area contributed by atoms with Crippen molar-refractivity contribution >= 4 is 35.0 Å². The lowest BCUT2D eigenvalue weighted by Gasteiger charge is -2.37. The van der Waals surface area contributed by atoms with Gasteiger partial charge in [-0.15, -0.1) is 0 Å². The van der Waals surface area contributed by atoms with Gasteiger partial charge in [0.25, 0.3) is 0 Å². The molecule has 184 valence electrons. The van der Waals surface area contributed by atoms with Crippen LogP contribution >= 0.6 is 23.2 Å². The average molecular weight is 522 g/mol. The standard InChI is InChI=1S/C28H25Cl2N3O3/c1-16-24(28(35)36-2)25(26-22(31-16)9-6-10-23(26)34)20-15-33(14-18-11-12-19(29)13-21(18)30)32-27(20)17-7-4-3-5-8-17/h3-5,7-9,11-13,15,25-26,31H,6,10,14H2,1-2H3. The molecule has 1 aromatic heterocycles. The normalized spacial score (nSPS) is 19.4. The summed E-state index contributed by atoms with van der Waals surface area (Å²) in [6.07, 6.45) is 5.07. The predicted molar refractivity (Wildman–Crippen MR) is 140 cm³/mol. The Kier molecular flexibility index (Phi) is 6.73. The second kappa shape index (κ2) is 9.96. The van der Waals surface area contributed by atoms with Gasteiger partial charge in [0, 0.05) is 51.1 Å². The molecular weight excluding hydrogens is 497 g/mol.